The zero-order valence-electron chi connectivity index (χ0n) is 7.87. The van der Waals surface area contributed by atoms with Gasteiger partial charge >= 0.3 is 11.9 Å². The van der Waals surface area contributed by atoms with Crippen molar-refractivity contribution in [2.75, 3.05) is 0 Å². The molecular weight excluding hydrogens is 229 g/mol. The number of nitrogens with one attached hydrogen (secondary N) is 1. The zero-order chi connectivity index (χ0) is 11.9. The number of halogens is 3. The number of hydrogen-bond donors (Lipinski definition) is 1. The minimum Gasteiger partial charge on any atom is -0.296 e. The Morgan fingerprint density at radius 3 is 2.62 bits per heavy atom. The van der Waals surface area contributed by atoms with Gasteiger partial charge in [0.2, 0.25) is 5.82 Å². The second-order valence-corrected chi connectivity index (χ2v) is 2.98. The SMILES string of the molecule is Cn1nc(-c2noc(=O)[nH]2)cc1C(F)(F)F. The van der Waals surface area contributed by atoms with Gasteiger partial charge in [-0.15, -0.1) is 0 Å². The summed E-state index contributed by atoms with van der Waals surface area (Å²) in [6.45, 7) is 0. The van der Waals surface area contributed by atoms with Gasteiger partial charge in [0.05, 0.1) is 0 Å². The molecule has 9 heteroatoms. The third kappa shape index (κ3) is 1.71. The molecule has 2 heterocycles. The highest BCUT2D eigenvalue weighted by Gasteiger charge is 2.35. The highest BCUT2D eigenvalue weighted by molar-refractivity contribution is 5.48. The number of aryl methyl sites for hydroxylation is 1. The van der Waals surface area contributed by atoms with Crippen LogP contribution in [0.2, 0.25) is 0 Å². The molecular formula is C7H5F3N4O2. The molecule has 86 valence electrons. The van der Waals surface area contributed by atoms with E-state index in [1.165, 1.54) is 0 Å². The van der Waals surface area contributed by atoms with Crippen molar-refractivity contribution in [3.8, 4) is 11.5 Å². The maximum atomic E-state index is 12.4. The molecule has 1 N–H and O–H groups in total. The van der Waals surface area contributed by atoms with Crippen molar-refractivity contribution in [1.82, 2.24) is 19.9 Å². The van der Waals surface area contributed by atoms with Gasteiger partial charge in [0.15, 0.2) is 0 Å². The molecule has 0 atom stereocenters. The standard InChI is InChI=1S/C7H5F3N4O2/c1-14-4(7(8,9)10)2-3(12-14)5-11-6(15)16-13-5/h2H,1H3,(H,11,13,15). The van der Waals surface area contributed by atoms with Gasteiger partial charge in [0.25, 0.3) is 0 Å². The summed E-state index contributed by atoms with van der Waals surface area (Å²) in [6, 6.07) is 0.772. The molecule has 0 saturated carbocycles. The Morgan fingerprint density at radius 1 is 1.50 bits per heavy atom. The molecule has 0 amide bonds. The molecule has 0 aliphatic carbocycles. The Balaban J connectivity index is 2.50. The number of hydrogen-bond acceptors (Lipinski definition) is 4. The third-order valence-corrected chi connectivity index (χ3v) is 1.85. The van der Waals surface area contributed by atoms with Gasteiger partial charge in [-0.05, 0) is 6.07 Å². The van der Waals surface area contributed by atoms with E-state index in [2.05, 4.69) is 19.8 Å². The fraction of sp³-hybridized carbons (Fsp3) is 0.286. The maximum Gasteiger partial charge on any atom is 0.439 e. The van der Waals surface area contributed by atoms with Gasteiger partial charge in [0, 0.05) is 7.05 Å². The highest BCUT2D eigenvalue weighted by Crippen LogP contribution is 2.30. The summed E-state index contributed by atoms with van der Waals surface area (Å²) in [4.78, 5) is 12.7. The third-order valence-electron chi connectivity index (χ3n) is 1.85. The summed E-state index contributed by atoms with van der Waals surface area (Å²) < 4.78 is 42.0. The van der Waals surface area contributed by atoms with Crippen LogP contribution in [-0.2, 0) is 13.2 Å². The van der Waals surface area contributed by atoms with Crippen molar-refractivity contribution in [3.05, 3.63) is 22.3 Å². The summed E-state index contributed by atoms with van der Waals surface area (Å²) in [6.07, 6.45) is -4.51. The van der Waals surface area contributed by atoms with Crippen LogP contribution in [0, 0.1) is 0 Å². The van der Waals surface area contributed by atoms with E-state index in [1.807, 2.05) is 0 Å². The Hall–Kier alpha value is -2.06. The van der Waals surface area contributed by atoms with Crippen molar-refractivity contribution in [2.24, 2.45) is 7.05 Å². The van der Waals surface area contributed by atoms with Crippen molar-refractivity contribution >= 4 is 0 Å². The second kappa shape index (κ2) is 3.22. The smallest absolute Gasteiger partial charge is 0.296 e. The van der Waals surface area contributed by atoms with Crippen LogP contribution in [0.5, 0.6) is 0 Å². The van der Waals surface area contributed by atoms with E-state index in [-0.39, 0.29) is 11.5 Å². The van der Waals surface area contributed by atoms with Crippen molar-refractivity contribution in [2.45, 2.75) is 6.18 Å². The lowest BCUT2D eigenvalue weighted by Gasteiger charge is -2.04. The molecule has 0 saturated heterocycles. The maximum absolute atomic E-state index is 12.4. The summed E-state index contributed by atoms with van der Waals surface area (Å²) in [7, 11) is 1.14. The first kappa shape index (κ1) is 10.5. The molecule has 0 unspecified atom stereocenters. The lowest BCUT2D eigenvalue weighted by Crippen LogP contribution is -2.11. The van der Waals surface area contributed by atoms with Gasteiger partial charge in [0.1, 0.15) is 11.4 Å². The van der Waals surface area contributed by atoms with Gasteiger partial charge < -0.3 is 0 Å². The molecule has 0 aromatic carbocycles. The average Bonchev–Trinajstić information content (AvgIpc) is 2.70. The van der Waals surface area contributed by atoms with E-state index in [4.69, 9.17) is 0 Å². The molecule has 0 aliphatic heterocycles. The van der Waals surface area contributed by atoms with Crippen molar-refractivity contribution in [3.63, 3.8) is 0 Å². The number of aromatic amines is 1. The first-order chi connectivity index (χ1) is 7.38. The Labute approximate surface area is 85.7 Å². The van der Waals surface area contributed by atoms with Crippen LogP contribution in [0.3, 0.4) is 0 Å². The molecule has 0 aliphatic rings. The van der Waals surface area contributed by atoms with E-state index in [9.17, 15) is 18.0 Å². The van der Waals surface area contributed by atoms with Crippen molar-refractivity contribution < 1.29 is 17.7 Å². The number of rotatable bonds is 1. The lowest BCUT2D eigenvalue weighted by atomic mass is 10.3. The molecule has 0 spiro atoms. The molecule has 6 nitrogen and oxygen atoms in total. The summed E-state index contributed by atoms with van der Waals surface area (Å²) in [5.74, 6) is -0.995. The quantitative estimate of drug-likeness (QED) is 0.791. The summed E-state index contributed by atoms with van der Waals surface area (Å²) in [5, 5.41) is 6.80. The number of nitrogens with zero attached hydrogens (tertiary/aromatic N) is 3. The van der Waals surface area contributed by atoms with Crippen LogP contribution in [0.1, 0.15) is 5.69 Å². The number of H-pyrrole nitrogens is 1. The zero-order valence-corrected chi connectivity index (χ0v) is 7.87. The summed E-state index contributed by atoms with van der Waals surface area (Å²) in [5.41, 5.74) is -1.05. The largest absolute Gasteiger partial charge is 0.439 e. The van der Waals surface area contributed by atoms with E-state index < -0.39 is 17.6 Å². The average molecular weight is 234 g/mol. The summed E-state index contributed by atoms with van der Waals surface area (Å²) >= 11 is 0. The molecule has 2 aromatic rings. The van der Waals surface area contributed by atoms with Crippen LogP contribution < -0.4 is 5.76 Å². The first-order valence-corrected chi connectivity index (χ1v) is 4.05. The minimum atomic E-state index is -4.51. The van der Waals surface area contributed by atoms with Crippen LogP contribution in [0.4, 0.5) is 13.2 Å². The van der Waals surface area contributed by atoms with Crippen LogP contribution in [-0.4, -0.2) is 19.9 Å². The first-order valence-electron chi connectivity index (χ1n) is 4.05. The molecule has 16 heavy (non-hydrogen) atoms. The van der Waals surface area contributed by atoms with Crippen molar-refractivity contribution in [1.29, 1.82) is 0 Å². The monoisotopic (exact) mass is 234 g/mol. The topological polar surface area (TPSA) is 76.7 Å². The second-order valence-electron chi connectivity index (χ2n) is 2.98. The van der Waals surface area contributed by atoms with E-state index in [0.717, 1.165) is 13.1 Å². The molecule has 0 bridgehead atoms. The molecule has 0 fully saturated rings. The number of aromatic nitrogens is 4. The molecule has 2 rings (SSSR count). The van der Waals surface area contributed by atoms with Crippen LogP contribution >= 0.6 is 0 Å². The Kier molecular flexibility index (Phi) is 2.10. The lowest BCUT2D eigenvalue weighted by molar-refractivity contribution is -0.143. The van der Waals surface area contributed by atoms with E-state index in [1.54, 1.807) is 0 Å². The molecule has 2 aromatic heterocycles. The Bertz CT molecular complexity index is 565. The van der Waals surface area contributed by atoms with Crippen LogP contribution in [0.15, 0.2) is 15.4 Å². The number of alkyl halides is 3. The van der Waals surface area contributed by atoms with E-state index >= 15 is 0 Å². The van der Waals surface area contributed by atoms with Gasteiger partial charge in [-0.25, -0.2) is 4.79 Å². The normalized spacial score (nSPS) is 12.0. The fourth-order valence-corrected chi connectivity index (χ4v) is 1.19. The predicted octanol–water partition coefficient (Wildman–Crippen LogP) is 0.782. The van der Waals surface area contributed by atoms with E-state index in [0.29, 0.717) is 4.68 Å². The van der Waals surface area contributed by atoms with Gasteiger partial charge in [-0.2, -0.15) is 18.3 Å². The highest BCUT2D eigenvalue weighted by atomic mass is 19.4. The minimum absolute atomic E-state index is 0.110. The molecule has 0 radical (unpaired) electrons. The van der Waals surface area contributed by atoms with Gasteiger partial charge in [-0.3, -0.25) is 14.2 Å². The van der Waals surface area contributed by atoms with Gasteiger partial charge in [-0.1, -0.05) is 5.16 Å². The Morgan fingerprint density at radius 2 is 2.19 bits per heavy atom. The fourth-order valence-electron chi connectivity index (χ4n) is 1.19. The predicted molar refractivity (Wildman–Crippen MR) is 44.3 cm³/mol. The van der Waals surface area contributed by atoms with Crippen LogP contribution in [0.25, 0.3) is 11.5 Å².